The van der Waals surface area contributed by atoms with Gasteiger partial charge in [0.25, 0.3) is 0 Å². The molecule has 1 aliphatic heterocycles. The van der Waals surface area contributed by atoms with Crippen LogP contribution in [0, 0.1) is 27.7 Å². The molecule has 3 heteroatoms. The number of hydrogen-bond acceptors (Lipinski definition) is 3. The summed E-state index contributed by atoms with van der Waals surface area (Å²) >= 11 is 0. The van der Waals surface area contributed by atoms with E-state index in [0.717, 1.165) is 28.6 Å². The fraction of sp³-hybridized carbons (Fsp3) is 0.320. The van der Waals surface area contributed by atoms with Gasteiger partial charge in [-0.3, -0.25) is 4.90 Å². The largest absolute Gasteiger partial charge is 0.451 e. The summed E-state index contributed by atoms with van der Waals surface area (Å²) in [4.78, 5) is 7.01. The fourth-order valence-corrected chi connectivity index (χ4v) is 3.87. The second-order valence-corrected chi connectivity index (χ2v) is 8.95. The minimum atomic E-state index is 0.112. The molecule has 28 heavy (non-hydrogen) atoms. The molecule has 1 aromatic heterocycles. The van der Waals surface area contributed by atoms with Crippen molar-refractivity contribution in [3.63, 3.8) is 0 Å². The number of aromatic nitrogens is 1. The zero-order chi connectivity index (χ0) is 20.2. The molecule has 3 aromatic rings. The lowest BCUT2D eigenvalue weighted by Gasteiger charge is -2.34. The third kappa shape index (κ3) is 3.05. The van der Waals surface area contributed by atoms with Crippen molar-refractivity contribution in [2.75, 3.05) is 4.90 Å². The van der Waals surface area contributed by atoms with Gasteiger partial charge in [0.05, 0.1) is 11.4 Å². The van der Waals surface area contributed by atoms with E-state index in [1.54, 1.807) is 0 Å². The van der Waals surface area contributed by atoms with Crippen molar-refractivity contribution < 1.29 is 4.74 Å². The van der Waals surface area contributed by atoms with Crippen molar-refractivity contribution in [1.82, 2.24) is 4.98 Å². The van der Waals surface area contributed by atoms with Crippen molar-refractivity contribution in [1.29, 1.82) is 0 Å². The number of anilines is 3. The van der Waals surface area contributed by atoms with Gasteiger partial charge in [-0.1, -0.05) is 39.0 Å². The van der Waals surface area contributed by atoms with Crippen LogP contribution in [0.2, 0.25) is 0 Å². The number of nitrogens with zero attached hydrogens (tertiary/aromatic N) is 2. The monoisotopic (exact) mass is 372 g/mol. The fourth-order valence-electron chi connectivity index (χ4n) is 3.87. The first kappa shape index (κ1) is 18.5. The average molecular weight is 373 g/mol. The first-order valence-electron chi connectivity index (χ1n) is 9.82. The van der Waals surface area contributed by atoms with Gasteiger partial charge in [0.1, 0.15) is 0 Å². The van der Waals surface area contributed by atoms with Crippen LogP contribution in [0.15, 0.2) is 42.6 Å². The van der Waals surface area contributed by atoms with E-state index in [4.69, 9.17) is 9.72 Å². The number of aryl methyl sites for hydroxylation is 4. The van der Waals surface area contributed by atoms with Gasteiger partial charge in [-0.25, -0.2) is 4.98 Å². The molecule has 0 radical (unpaired) electrons. The molecule has 1 aliphatic rings. The van der Waals surface area contributed by atoms with Crippen molar-refractivity contribution in [3.05, 3.63) is 70.4 Å². The molecule has 0 aliphatic carbocycles. The normalized spacial score (nSPS) is 13.0. The summed E-state index contributed by atoms with van der Waals surface area (Å²) in [5, 5.41) is 0. The van der Waals surface area contributed by atoms with E-state index >= 15 is 0 Å². The molecule has 0 bridgehead atoms. The van der Waals surface area contributed by atoms with E-state index in [1.807, 2.05) is 13.1 Å². The SMILES string of the molecule is Cc1ccc2c(c1)Oc1cc(C)cnc1N2c1c(C)cc(C(C)(C)C)cc1C. The molecule has 2 aromatic carbocycles. The highest BCUT2D eigenvalue weighted by molar-refractivity contribution is 5.87. The second kappa shape index (κ2) is 6.37. The van der Waals surface area contributed by atoms with Crippen LogP contribution in [0.3, 0.4) is 0 Å². The van der Waals surface area contributed by atoms with Gasteiger partial charge in [0.15, 0.2) is 17.3 Å². The van der Waals surface area contributed by atoms with Crippen molar-refractivity contribution in [2.45, 2.75) is 53.9 Å². The zero-order valence-corrected chi connectivity index (χ0v) is 17.8. The minimum Gasteiger partial charge on any atom is -0.451 e. The van der Waals surface area contributed by atoms with Crippen LogP contribution in [0.25, 0.3) is 0 Å². The molecular formula is C25H28N2O. The molecular weight excluding hydrogens is 344 g/mol. The molecule has 0 N–H and O–H groups in total. The van der Waals surface area contributed by atoms with Crippen molar-refractivity contribution in [2.24, 2.45) is 0 Å². The van der Waals surface area contributed by atoms with Crippen LogP contribution in [0.5, 0.6) is 11.5 Å². The molecule has 2 heterocycles. The smallest absolute Gasteiger partial charge is 0.181 e. The summed E-state index contributed by atoms with van der Waals surface area (Å²) in [5.74, 6) is 2.52. The second-order valence-electron chi connectivity index (χ2n) is 8.95. The molecule has 0 amide bonds. The lowest BCUT2D eigenvalue weighted by Crippen LogP contribution is -2.20. The molecule has 3 nitrogen and oxygen atoms in total. The zero-order valence-electron chi connectivity index (χ0n) is 17.8. The topological polar surface area (TPSA) is 25.4 Å². The van der Waals surface area contributed by atoms with Crippen LogP contribution < -0.4 is 9.64 Å². The van der Waals surface area contributed by atoms with Gasteiger partial charge in [-0.2, -0.15) is 0 Å². The average Bonchev–Trinajstić information content (AvgIpc) is 2.59. The van der Waals surface area contributed by atoms with Crippen LogP contribution in [-0.2, 0) is 5.41 Å². The van der Waals surface area contributed by atoms with Gasteiger partial charge in [0.2, 0.25) is 0 Å². The molecule has 0 atom stereocenters. The Hall–Kier alpha value is -2.81. The highest BCUT2D eigenvalue weighted by Gasteiger charge is 2.30. The minimum absolute atomic E-state index is 0.112. The maximum atomic E-state index is 6.24. The van der Waals surface area contributed by atoms with Gasteiger partial charge in [-0.15, -0.1) is 0 Å². The Morgan fingerprint density at radius 2 is 1.46 bits per heavy atom. The van der Waals surface area contributed by atoms with E-state index in [9.17, 15) is 0 Å². The Morgan fingerprint density at radius 1 is 0.821 bits per heavy atom. The van der Waals surface area contributed by atoms with Crippen molar-refractivity contribution >= 4 is 17.2 Å². The van der Waals surface area contributed by atoms with E-state index in [-0.39, 0.29) is 5.41 Å². The molecule has 0 unspecified atom stereocenters. The number of rotatable bonds is 1. The Morgan fingerprint density at radius 3 is 2.11 bits per heavy atom. The lowest BCUT2D eigenvalue weighted by molar-refractivity contribution is 0.473. The Bertz CT molecular complexity index is 1000. The first-order valence-corrected chi connectivity index (χ1v) is 9.82. The van der Waals surface area contributed by atoms with Gasteiger partial charge in [0, 0.05) is 6.20 Å². The van der Waals surface area contributed by atoms with Crippen LogP contribution in [-0.4, -0.2) is 4.98 Å². The Labute approximate surface area is 168 Å². The van der Waals surface area contributed by atoms with E-state index < -0.39 is 0 Å². The van der Waals surface area contributed by atoms with Gasteiger partial charge < -0.3 is 4.74 Å². The van der Waals surface area contributed by atoms with Crippen LogP contribution >= 0.6 is 0 Å². The number of ether oxygens (including phenoxy) is 1. The summed E-state index contributed by atoms with van der Waals surface area (Å²) in [6.45, 7) is 15.3. The number of benzene rings is 2. The van der Waals surface area contributed by atoms with Gasteiger partial charge >= 0.3 is 0 Å². The van der Waals surface area contributed by atoms with Crippen molar-refractivity contribution in [3.8, 4) is 11.5 Å². The van der Waals surface area contributed by atoms with E-state index in [0.29, 0.717) is 0 Å². The molecule has 144 valence electrons. The third-order valence-electron chi connectivity index (χ3n) is 5.34. The standard InChI is InChI=1S/C25H28N2O/c1-15-8-9-20-21(10-15)28-22-11-16(2)14-26-24(22)27(20)23-17(3)12-19(13-18(23)4)25(5,6)7/h8-14H,1-7H3. The number of fused-ring (bicyclic) bond motifs is 2. The summed E-state index contributed by atoms with van der Waals surface area (Å²) in [5.41, 5.74) is 8.43. The molecule has 0 spiro atoms. The quantitative estimate of drug-likeness (QED) is 0.353. The predicted octanol–water partition coefficient (Wildman–Crippen LogP) is 7.19. The summed E-state index contributed by atoms with van der Waals surface area (Å²) in [6.07, 6.45) is 1.91. The number of pyridine rings is 1. The summed E-state index contributed by atoms with van der Waals surface area (Å²) in [6, 6.07) is 13.0. The van der Waals surface area contributed by atoms with E-state index in [1.165, 1.54) is 27.9 Å². The predicted molar refractivity (Wildman–Crippen MR) is 117 cm³/mol. The third-order valence-corrected chi connectivity index (χ3v) is 5.34. The van der Waals surface area contributed by atoms with Crippen LogP contribution in [0.1, 0.15) is 48.6 Å². The maximum absolute atomic E-state index is 6.24. The molecule has 0 fully saturated rings. The Kier molecular flexibility index (Phi) is 4.22. The first-order chi connectivity index (χ1) is 13.1. The van der Waals surface area contributed by atoms with Gasteiger partial charge in [-0.05, 0) is 79.1 Å². The Balaban J connectivity index is 1.98. The highest BCUT2D eigenvalue weighted by atomic mass is 16.5. The molecule has 0 saturated heterocycles. The van der Waals surface area contributed by atoms with E-state index in [2.05, 4.69) is 82.8 Å². The lowest BCUT2D eigenvalue weighted by atomic mass is 9.84. The maximum Gasteiger partial charge on any atom is 0.181 e. The summed E-state index contributed by atoms with van der Waals surface area (Å²) < 4.78 is 6.24. The van der Waals surface area contributed by atoms with Crippen LogP contribution in [0.4, 0.5) is 17.2 Å². The molecule has 4 rings (SSSR count). The summed E-state index contributed by atoms with van der Waals surface area (Å²) in [7, 11) is 0. The number of hydrogen-bond donors (Lipinski definition) is 0. The molecule has 0 saturated carbocycles. The highest BCUT2D eigenvalue weighted by Crippen LogP contribution is 2.51.